The van der Waals surface area contributed by atoms with E-state index in [9.17, 15) is 4.79 Å². The van der Waals surface area contributed by atoms with Gasteiger partial charge in [0.05, 0.1) is 19.6 Å². The van der Waals surface area contributed by atoms with Crippen LogP contribution in [0.3, 0.4) is 0 Å². The fourth-order valence-corrected chi connectivity index (χ4v) is 6.30. The lowest BCUT2D eigenvalue weighted by Crippen LogP contribution is -2.37. The molecule has 4 aromatic rings. The van der Waals surface area contributed by atoms with E-state index in [-0.39, 0.29) is 11.7 Å². The SMILES string of the molecule is COc1ccc2c(ccc[n+]2COc2cc3c(cc2OC)CC(CC2CCN(Cc4ccccc4)CC2)C3=O)c1. The number of hydrogen-bond acceptors (Lipinski definition) is 5. The van der Waals surface area contributed by atoms with Crippen LogP contribution < -0.4 is 18.8 Å². The van der Waals surface area contributed by atoms with Crippen molar-refractivity contribution in [1.82, 2.24) is 4.90 Å². The third-order valence-electron chi connectivity index (χ3n) is 8.51. The molecule has 2 aliphatic rings. The van der Waals surface area contributed by atoms with Crippen molar-refractivity contribution in [2.45, 2.75) is 39.0 Å². The van der Waals surface area contributed by atoms with E-state index >= 15 is 0 Å². The van der Waals surface area contributed by atoms with E-state index in [0.29, 0.717) is 24.1 Å². The summed E-state index contributed by atoms with van der Waals surface area (Å²) in [5.41, 5.74) is 4.27. The number of carbonyl (C=O) groups excluding carboxylic acids is 1. The number of rotatable bonds is 9. The number of benzene rings is 3. The monoisotopic (exact) mass is 537 g/mol. The van der Waals surface area contributed by atoms with E-state index in [2.05, 4.69) is 41.3 Å². The Morgan fingerprint density at radius 3 is 2.50 bits per heavy atom. The first-order valence-electron chi connectivity index (χ1n) is 14.2. The van der Waals surface area contributed by atoms with Gasteiger partial charge in [0.25, 0.3) is 6.73 Å². The van der Waals surface area contributed by atoms with Gasteiger partial charge in [-0.1, -0.05) is 30.3 Å². The van der Waals surface area contributed by atoms with Crippen LogP contribution in [0.4, 0.5) is 0 Å². The number of nitrogens with zero attached hydrogens (tertiary/aromatic N) is 2. The summed E-state index contributed by atoms with van der Waals surface area (Å²) in [6.07, 6.45) is 6.04. The largest absolute Gasteiger partial charge is 0.497 e. The summed E-state index contributed by atoms with van der Waals surface area (Å²) in [5.74, 6) is 2.97. The number of aromatic nitrogens is 1. The maximum Gasteiger partial charge on any atom is 0.292 e. The third kappa shape index (κ3) is 5.54. The number of carbonyl (C=O) groups is 1. The summed E-state index contributed by atoms with van der Waals surface area (Å²) >= 11 is 0. The highest BCUT2D eigenvalue weighted by atomic mass is 16.5. The van der Waals surface area contributed by atoms with Crippen LogP contribution >= 0.6 is 0 Å². The Morgan fingerprint density at radius 2 is 1.73 bits per heavy atom. The topological polar surface area (TPSA) is 51.9 Å². The average molecular weight is 538 g/mol. The first-order chi connectivity index (χ1) is 19.6. The van der Waals surface area contributed by atoms with E-state index in [1.54, 1.807) is 14.2 Å². The summed E-state index contributed by atoms with van der Waals surface area (Å²) in [5, 5.41) is 1.07. The molecule has 1 aliphatic carbocycles. The van der Waals surface area contributed by atoms with E-state index in [1.807, 2.05) is 47.2 Å². The molecule has 0 radical (unpaired) electrons. The fourth-order valence-electron chi connectivity index (χ4n) is 6.30. The normalized spacial score (nSPS) is 17.6. The number of ketones is 1. The fraction of sp³-hybridized carbons (Fsp3) is 0.353. The molecule has 0 saturated carbocycles. The molecular formula is C34H37N2O4+. The summed E-state index contributed by atoms with van der Waals surface area (Å²) in [6.45, 7) is 3.50. The minimum Gasteiger partial charge on any atom is -0.497 e. The van der Waals surface area contributed by atoms with Crippen molar-refractivity contribution in [2.75, 3.05) is 27.3 Å². The molecule has 6 rings (SSSR count). The standard InChI is InChI=1S/C34H37N2O4/c1-38-29-10-11-31-26(19-29)9-6-14-36(31)23-40-33-21-30-27(20-32(33)39-2)18-28(34(30)37)17-24-12-15-35(16-13-24)22-25-7-4-3-5-8-25/h3-11,14,19-21,24,28H,12-13,15-18,22-23H2,1-2H3/q+1. The molecule has 1 aliphatic heterocycles. The highest BCUT2D eigenvalue weighted by molar-refractivity contribution is 6.02. The van der Waals surface area contributed by atoms with E-state index in [4.69, 9.17) is 14.2 Å². The van der Waals surface area contributed by atoms with Crippen molar-refractivity contribution in [3.05, 3.63) is 95.7 Å². The predicted octanol–water partition coefficient (Wildman–Crippen LogP) is 5.84. The minimum atomic E-state index is 0.0445. The summed E-state index contributed by atoms with van der Waals surface area (Å²) in [7, 11) is 3.33. The molecule has 6 heteroatoms. The number of likely N-dealkylation sites (tertiary alicyclic amines) is 1. The van der Waals surface area contributed by atoms with Gasteiger partial charge in [-0.3, -0.25) is 9.69 Å². The quantitative estimate of drug-likeness (QED) is 0.251. The molecule has 2 heterocycles. The molecule has 0 bridgehead atoms. The van der Waals surface area contributed by atoms with Gasteiger partial charge in [0.2, 0.25) is 5.52 Å². The molecule has 0 N–H and O–H groups in total. The Bertz CT molecular complexity index is 1500. The van der Waals surface area contributed by atoms with Gasteiger partial charge >= 0.3 is 0 Å². The average Bonchev–Trinajstić information content (AvgIpc) is 3.30. The van der Waals surface area contributed by atoms with Gasteiger partial charge in [0, 0.05) is 30.2 Å². The van der Waals surface area contributed by atoms with Crippen molar-refractivity contribution >= 4 is 16.7 Å². The maximum absolute atomic E-state index is 13.5. The summed E-state index contributed by atoms with van der Waals surface area (Å²) in [6, 6.07) is 24.6. The molecular weight excluding hydrogens is 500 g/mol. The van der Waals surface area contributed by atoms with Crippen molar-refractivity contribution < 1.29 is 23.6 Å². The Morgan fingerprint density at radius 1 is 0.900 bits per heavy atom. The molecule has 1 saturated heterocycles. The van der Waals surface area contributed by atoms with Crippen LogP contribution in [0.2, 0.25) is 0 Å². The lowest BCUT2D eigenvalue weighted by molar-refractivity contribution is -0.700. The number of piperidine rings is 1. The van der Waals surface area contributed by atoms with E-state index < -0.39 is 0 Å². The van der Waals surface area contributed by atoms with Crippen molar-refractivity contribution in [2.24, 2.45) is 11.8 Å². The Hall–Kier alpha value is -3.90. The van der Waals surface area contributed by atoms with Crippen LogP contribution in [-0.4, -0.2) is 38.0 Å². The second-order valence-corrected chi connectivity index (χ2v) is 11.0. The lowest BCUT2D eigenvalue weighted by Gasteiger charge is -2.32. The maximum atomic E-state index is 13.5. The van der Waals surface area contributed by atoms with Crippen LogP contribution in [0.5, 0.6) is 17.2 Å². The van der Waals surface area contributed by atoms with Gasteiger partial charge in [-0.2, -0.15) is 4.57 Å². The number of methoxy groups -OCH3 is 2. The van der Waals surface area contributed by atoms with Crippen molar-refractivity contribution in [3.63, 3.8) is 0 Å². The predicted molar refractivity (Wildman–Crippen MR) is 155 cm³/mol. The number of pyridine rings is 1. The van der Waals surface area contributed by atoms with Gasteiger partial charge in [0.1, 0.15) is 5.75 Å². The van der Waals surface area contributed by atoms with Gasteiger partial charge in [-0.25, -0.2) is 0 Å². The molecule has 0 spiro atoms. The van der Waals surface area contributed by atoms with Crippen LogP contribution in [0.15, 0.2) is 79.0 Å². The number of Topliss-reactive ketones (excluding diaryl/α,β-unsaturated/α-hetero) is 1. The molecule has 0 amide bonds. The van der Waals surface area contributed by atoms with Crippen LogP contribution in [0, 0.1) is 11.8 Å². The van der Waals surface area contributed by atoms with Crippen molar-refractivity contribution in [1.29, 1.82) is 0 Å². The molecule has 1 unspecified atom stereocenters. The molecule has 1 atom stereocenters. The first-order valence-corrected chi connectivity index (χ1v) is 14.2. The zero-order valence-electron chi connectivity index (χ0n) is 23.3. The van der Waals surface area contributed by atoms with Gasteiger partial charge in [-0.15, -0.1) is 0 Å². The summed E-state index contributed by atoms with van der Waals surface area (Å²) in [4.78, 5) is 16.1. The zero-order chi connectivity index (χ0) is 27.5. The highest BCUT2D eigenvalue weighted by Gasteiger charge is 2.34. The van der Waals surface area contributed by atoms with Crippen molar-refractivity contribution in [3.8, 4) is 17.2 Å². The van der Waals surface area contributed by atoms with Crippen LogP contribution in [0.25, 0.3) is 10.9 Å². The minimum absolute atomic E-state index is 0.0445. The van der Waals surface area contributed by atoms with Gasteiger partial charge in [0.15, 0.2) is 23.5 Å². The Balaban J connectivity index is 1.10. The molecule has 1 aromatic heterocycles. The van der Waals surface area contributed by atoms with Crippen LogP contribution in [0.1, 0.15) is 40.7 Å². The molecule has 3 aromatic carbocycles. The van der Waals surface area contributed by atoms with E-state index in [0.717, 1.165) is 73.1 Å². The molecule has 6 nitrogen and oxygen atoms in total. The smallest absolute Gasteiger partial charge is 0.292 e. The second kappa shape index (κ2) is 11.7. The lowest BCUT2D eigenvalue weighted by atomic mass is 9.85. The zero-order valence-corrected chi connectivity index (χ0v) is 23.3. The number of hydrogen-bond donors (Lipinski definition) is 0. The molecule has 1 fully saturated rings. The summed E-state index contributed by atoms with van der Waals surface area (Å²) < 4.78 is 19.3. The number of fused-ring (bicyclic) bond motifs is 2. The Kier molecular flexibility index (Phi) is 7.69. The number of ether oxygens (including phenoxy) is 3. The van der Waals surface area contributed by atoms with E-state index in [1.165, 1.54) is 5.56 Å². The third-order valence-corrected chi connectivity index (χ3v) is 8.51. The second-order valence-electron chi connectivity index (χ2n) is 11.0. The van der Waals surface area contributed by atoms with Gasteiger partial charge in [-0.05, 0) is 86.1 Å². The highest BCUT2D eigenvalue weighted by Crippen LogP contribution is 2.40. The first kappa shape index (κ1) is 26.3. The Labute approximate surface area is 236 Å². The van der Waals surface area contributed by atoms with Gasteiger partial charge < -0.3 is 14.2 Å². The molecule has 206 valence electrons. The molecule has 40 heavy (non-hydrogen) atoms. The van der Waals surface area contributed by atoms with Crippen LogP contribution in [-0.2, 0) is 19.7 Å².